The Morgan fingerprint density at radius 3 is 2.42 bits per heavy atom. The van der Waals surface area contributed by atoms with E-state index in [1.165, 1.54) is 0 Å². The predicted octanol–water partition coefficient (Wildman–Crippen LogP) is 6.21. The molecule has 0 amide bonds. The minimum atomic E-state index is -4.85. The van der Waals surface area contributed by atoms with Gasteiger partial charge in [-0.1, -0.05) is 36.4 Å². The number of nitriles is 1. The number of hydrogen-bond donors (Lipinski definition) is 2. The molecule has 1 saturated heterocycles. The molecule has 0 bridgehead atoms. The van der Waals surface area contributed by atoms with Crippen LogP contribution in [0.25, 0.3) is 11.1 Å². The van der Waals surface area contributed by atoms with Gasteiger partial charge in [0.25, 0.3) is 0 Å². The van der Waals surface area contributed by atoms with Gasteiger partial charge in [-0.2, -0.15) is 18.4 Å². The van der Waals surface area contributed by atoms with Crippen molar-refractivity contribution in [3.8, 4) is 17.2 Å². The lowest BCUT2D eigenvalue weighted by atomic mass is 9.80. The van der Waals surface area contributed by atoms with Gasteiger partial charge in [0, 0.05) is 11.6 Å². The standard InChI is InChI=1S/C29H29F4N3O2/c1-36-13-11-22(12-14-36)25(21-7-5-20(6-8-21)23-4-2-3-19(15-23)17-34)18-38-28(37)35-24-9-10-27(30)26(16-24)29(31,32)33/h2-10,15-16,22,25,28,35,37H,11-14,18H2,1H3. The first-order chi connectivity index (χ1) is 18.1. The number of benzene rings is 3. The highest BCUT2D eigenvalue weighted by Gasteiger charge is 2.34. The fraction of sp³-hybridized carbons (Fsp3) is 0.345. The maximum atomic E-state index is 13.6. The zero-order chi connectivity index (χ0) is 27.3. The van der Waals surface area contributed by atoms with Gasteiger partial charge in [0.1, 0.15) is 5.82 Å². The van der Waals surface area contributed by atoms with E-state index in [-0.39, 0.29) is 24.1 Å². The van der Waals surface area contributed by atoms with Crippen molar-refractivity contribution < 1.29 is 27.4 Å². The molecule has 9 heteroatoms. The molecule has 3 aromatic rings. The number of aliphatic hydroxyl groups is 1. The maximum absolute atomic E-state index is 13.6. The lowest BCUT2D eigenvalue weighted by molar-refractivity contribution is -0.140. The lowest BCUT2D eigenvalue weighted by Crippen LogP contribution is -2.35. The topological polar surface area (TPSA) is 68.5 Å². The molecule has 1 heterocycles. The van der Waals surface area contributed by atoms with Crippen LogP contribution in [0.15, 0.2) is 66.7 Å². The smallest absolute Gasteiger partial charge is 0.351 e. The number of ether oxygens (including phenoxy) is 1. The third-order valence-corrected chi connectivity index (χ3v) is 6.99. The van der Waals surface area contributed by atoms with Crippen LogP contribution in [0.1, 0.15) is 35.4 Å². The molecule has 0 aromatic heterocycles. The summed E-state index contributed by atoms with van der Waals surface area (Å²) in [5.74, 6) is -1.16. The SMILES string of the molecule is CN1CCC(C(COC(O)Nc2ccc(F)c(C(F)(F)F)c2)c2ccc(-c3cccc(C#N)c3)cc2)CC1. The van der Waals surface area contributed by atoms with E-state index in [4.69, 9.17) is 4.74 Å². The van der Waals surface area contributed by atoms with E-state index in [0.29, 0.717) is 17.7 Å². The molecule has 38 heavy (non-hydrogen) atoms. The van der Waals surface area contributed by atoms with Crippen molar-refractivity contribution in [2.24, 2.45) is 5.92 Å². The molecule has 0 saturated carbocycles. The predicted molar refractivity (Wildman–Crippen MR) is 137 cm³/mol. The molecule has 200 valence electrons. The molecule has 5 nitrogen and oxygen atoms in total. The molecule has 4 rings (SSSR count). The van der Waals surface area contributed by atoms with Crippen molar-refractivity contribution in [1.29, 1.82) is 5.26 Å². The van der Waals surface area contributed by atoms with Gasteiger partial charge >= 0.3 is 6.18 Å². The van der Waals surface area contributed by atoms with Crippen molar-refractivity contribution in [3.63, 3.8) is 0 Å². The minimum absolute atomic E-state index is 0.0569. The third kappa shape index (κ3) is 6.90. The van der Waals surface area contributed by atoms with Gasteiger partial charge in [0.05, 0.1) is 23.8 Å². The van der Waals surface area contributed by atoms with E-state index >= 15 is 0 Å². The van der Waals surface area contributed by atoms with Gasteiger partial charge in [-0.3, -0.25) is 0 Å². The van der Waals surface area contributed by atoms with Crippen LogP contribution in [0.4, 0.5) is 23.2 Å². The fourth-order valence-corrected chi connectivity index (χ4v) is 4.84. The Morgan fingerprint density at radius 2 is 1.76 bits per heavy atom. The van der Waals surface area contributed by atoms with Gasteiger partial charge in [-0.05, 0) is 85.9 Å². The summed E-state index contributed by atoms with van der Waals surface area (Å²) in [7, 11) is 2.07. The summed E-state index contributed by atoms with van der Waals surface area (Å²) in [5, 5.41) is 22.1. The summed E-state index contributed by atoms with van der Waals surface area (Å²) in [6.07, 6.45) is -4.56. The van der Waals surface area contributed by atoms with E-state index in [9.17, 15) is 27.9 Å². The molecular weight excluding hydrogens is 498 g/mol. The highest BCUT2D eigenvalue weighted by Crippen LogP contribution is 2.35. The Balaban J connectivity index is 1.48. The van der Waals surface area contributed by atoms with Gasteiger partial charge < -0.3 is 20.1 Å². The van der Waals surface area contributed by atoms with E-state index in [2.05, 4.69) is 23.3 Å². The van der Waals surface area contributed by atoms with Crippen molar-refractivity contribution in [3.05, 3.63) is 89.2 Å². The number of likely N-dealkylation sites (tertiary alicyclic amines) is 1. The van der Waals surface area contributed by atoms with Crippen molar-refractivity contribution in [1.82, 2.24) is 4.90 Å². The summed E-state index contributed by atoms with van der Waals surface area (Å²) in [6.45, 7) is 1.99. The van der Waals surface area contributed by atoms with E-state index in [1.807, 2.05) is 42.5 Å². The number of halogens is 4. The Hall–Kier alpha value is -3.45. The van der Waals surface area contributed by atoms with Crippen LogP contribution in [0.2, 0.25) is 0 Å². The second-order valence-electron chi connectivity index (χ2n) is 9.58. The number of aliphatic hydroxyl groups excluding tert-OH is 1. The summed E-state index contributed by atoms with van der Waals surface area (Å²) in [5.41, 5.74) is 1.97. The van der Waals surface area contributed by atoms with Crippen LogP contribution in [0.3, 0.4) is 0 Å². The molecule has 0 spiro atoms. The second-order valence-corrected chi connectivity index (χ2v) is 9.58. The van der Waals surface area contributed by atoms with Gasteiger partial charge in [-0.15, -0.1) is 0 Å². The third-order valence-electron chi connectivity index (χ3n) is 6.99. The Bertz CT molecular complexity index is 1270. The molecule has 0 aliphatic carbocycles. The summed E-state index contributed by atoms with van der Waals surface area (Å²) < 4.78 is 58.4. The molecule has 3 aromatic carbocycles. The van der Waals surface area contributed by atoms with Gasteiger partial charge in [0.2, 0.25) is 6.41 Å². The number of anilines is 1. The molecule has 1 aliphatic rings. The average molecular weight is 528 g/mol. The number of hydrogen-bond acceptors (Lipinski definition) is 5. The fourth-order valence-electron chi connectivity index (χ4n) is 4.84. The first-order valence-electron chi connectivity index (χ1n) is 12.4. The number of rotatable bonds is 8. The lowest BCUT2D eigenvalue weighted by Gasteiger charge is -2.35. The summed E-state index contributed by atoms with van der Waals surface area (Å²) in [6, 6.07) is 19.9. The van der Waals surface area contributed by atoms with Crippen molar-refractivity contribution in [2.45, 2.75) is 31.3 Å². The zero-order valence-corrected chi connectivity index (χ0v) is 20.9. The van der Waals surface area contributed by atoms with Crippen LogP contribution >= 0.6 is 0 Å². The van der Waals surface area contributed by atoms with Crippen LogP contribution in [0.5, 0.6) is 0 Å². The van der Waals surface area contributed by atoms with Crippen LogP contribution in [0, 0.1) is 23.1 Å². The second kappa shape index (κ2) is 11.9. The largest absolute Gasteiger partial charge is 0.419 e. The zero-order valence-electron chi connectivity index (χ0n) is 20.9. The van der Waals surface area contributed by atoms with Crippen LogP contribution < -0.4 is 5.32 Å². The van der Waals surface area contributed by atoms with Crippen molar-refractivity contribution in [2.75, 3.05) is 32.1 Å². The quantitative estimate of drug-likeness (QED) is 0.269. The van der Waals surface area contributed by atoms with E-state index < -0.39 is 24.0 Å². The van der Waals surface area contributed by atoms with Crippen molar-refractivity contribution >= 4 is 5.69 Å². The number of piperidine rings is 1. The average Bonchev–Trinajstić information content (AvgIpc) is 2.90. The maximum Gasteiger partial charge on any atom is 0.419 e. The molecule has 2 atom stereocenters. The Morgan fingerprint density at radius 1 is 1.05 bits per heavy atom. The molecule has 2 unspecified atom stereocenters. The van der Waals surface area contributed by atoms with E-state index in [0.717, 1.165) is 48.7 Å². The summed E-state index contributed by atoms with van der Waals surface area (Å²) >= 11 is 0. The molecular formula is C29H29F4N3O2. The Kier molecular flexibility index (Phi) is 8.67. The van der Waals surface area contributed by atoms with Gasteiger partial charge in [-0.25, -0.2) is 4.39 Å². The minimum Gasteiger partial charge on any atom is -0.351 e. The number of nitrogens with zero attached hydrogens (tertiary/aromatic N) is 2. The van der Waals surface area contributed by atoms with Crippen LogP contribution in [-0.2, 0) is 10.9 Å². The number of alkyl halides is 3. The highest BCUT2D eigenvalue weighted by atomic mass is 19.4. The normalized spacial score (nSPS) is 16.6. The van der Waals surface area contributed by atoms with Gasteiger partial charge in [0.15, 0.2) is 0 Å². The Labute approximate surface area is 219 Å². The monoisotopic (exact) mass is 527 g/mol. The molecule has 1 fully saturated rings. The van der Waals surface area contributed by atoms with E-state index in [1.54, 1.807) is 6.07 Å². The number of nitrogens with one attached hydrogen (secondary N) is 1. The molecule has 2 N–H and O–H groups in total. The summed E-state index contributed by atoms with van der Waals surface area (Å²) in [4.78, 5) is 2.25. The molecule has 0 radical (unpaired) electrons. The molecule has 1 aliphatic heterocycles. The first kappa shape index (κ1) is 27.6. The first-order valence-corrected chi connectivity index (χ1v) is 12.4. The van der Waals surface area contributed by atoms with Crippen LogP contribution in [-0.4, -0.2) is 43.2 Å². The highest BCUT2D eigenvalue weighted by molar-refractivity contribution is 5.65.